The van der Waals surface area contributed by atoms with Crippen LogP contribution in [0, 0.1) is 0 Å². The number of thioether (sulfide) groups is 1. The second kappa shape index (κ2) is 5.29. The van der Waals surface area contributed by atoms with E-state index in [1.165, 1.54) is 0 Å². The lowest BCUT2D eigenvalue weighted by Gasteiger charge is -1.97. The predicted octanol–water partition coefficient (Wildman–Crippen LogP) is 1.92. The molecule has 0 aliphatic rings. The number of ether oxygens (including phenoxy) is 1. The Morgan fingerprint density at radius 1 is 1.70 bits per heavy atom. The lowest BCUT2D eigenvalue weighted by Crippen LogP contribution is -1.99. The second-order valence-corrected chi connectivity index (χ2v) is 2.66. The molecule has 3 nitrogen and oxygen atoms in total. The van der Waals surface area contributed by atoms with E-state index in [0.29, 0.717) is 6.61 Å². The summed E-state index contributed by atoms with van der Waals surface area (Å²) < 4.78 is 4.66. The normalized spacial score (nSPS) is 11.3. The number of rotatable bonds is 1. The van der Waals surface area contributed by atoms with Gasteiger partial charge >= 0.3 is 5.30 Å². The van der Waals surface area contributed by atoms with E-state index in [-0.39, 0.29) is 5.30 Å². The summed E-state index contributed by atoms with van der Waals surface area (Å²) in [6.07, 6.45) is 0. The Morgan fingerprint density at radius 2 is 2.30 bits per heavy atom. The molecule has 0 aromatic rings. The summed E-state index contributed by atoms with van der Waals surface area (Å²) in [6.45, 7) is 3.96. The third kappa shape index (κ3) is 4.38. The molecule has 0 unspecified atom stereocenters. The van der Waals surface area contributed by atoms with Crippen molar-refractivity contribution in [1.82, 2.24) is 0 Å². The van der Waals surface area contributed by atoms with Crippen LogP contribution in [0.15, 0.2) is 4.99 Å². The van der Waals surface area contributed by atoms with Gasteiger partial charge in [-0.15, -0.1) is 0 Å². The molecule has 0 N–H and O–H groups in total. The fourth-order valence-corrected chi connectivity index (χ4v) is 0.823. The van der Waals surface area contributed by atoms with Gasteiger partial charge in [0.1, 0.15) is 0 Å². The van der Waals surface area contributed by atoms with Crippen molar-refractivity contribution in [3.05, 3.63) is 0 Å². The SMILES string of the molecule is CCOC(=O)SC(C)=NC. The quantitative estimate of drug-likeness (QED) is 0.335. The zero-order chi connectivity index (χ0) is 7.98. The van der Waals surface area contributed by atoms with Gasteiger partial charge in [0.2, 0.25) is 0 Å². The molecule has 0 atom stereocenters. The topological polar surface area (TPSA) is 38.7 Å². The maximum Gasteiger partial charge on any atom is 0.373 e. The Hall–Kier alpha value is -0.510. The summed E-state index contributed by atoms with van der Waals surface area (Å²) in [5, 5.41) is 0.434. The van der Waals surface area contributed by atoms with Crippen LogP contribution in [-0.2, 0) is 4.74 Å². The average Bonchev–Trinajstić information content (AvgIpc) is 1.88. The van der Waals surface area contributed by atoms with E-state index in [0.717, 1.165) is 16.8 Å². The summed E-state index contributed by atoms with van der Waals surface area (Å²) in [7, 11) is 1.64. The van der Waals surface area contributed by atoms with Gasteiger partial charge in [0.15, 0.2) is 0 Å². The van der Waals surface area contributed by atoms with Crippen molar-refractivity contribution < 1.29 is 9.53 Å². The van der Waals surface area contributed by atoms with Gasteiger partial charge in [-0.05, 0) is 13.8 Å². The van der Waals surface area contributed by atoms with Gasteiger partial charge < -0.3 is 4.74 Å². The summed E-state index contributed by atoms with van der Waals surface area (Å²) in [6, 6.07) is 0. The number of carbonyl (C=O) groups excluding carboxylic acids is 1. The van der Waals surface area contributed by atoms with Gasteiger partial charge in [-0.25, -0.2) is 4.79 Å². The molecular weight excluding hydrogens is 150 g/mol. The van der Waals surface area contributed by atoms with Crippen LogP contribution in [0.5, 0.6) is 0 Å². The van der Waals surface area contributed by atoms with Crippen LogP contribution >= 0.6 is 11.8 Å². The first kappa shape index (κ1) is 9.49. The molecule has 0 amide bonds. The number of carbonyl (C=O) groups is 1. The van der Waals surface area contributed by atoms with Gasteiger partial charge in [0.25, 0.3) is 0 Å². The molecule has 4 heteroatoms. The molecular formula is C6H11NO2S. The molecule has 10 heavy (non-hydrogen) atoms. The molecule has 0 saturated heterocycles. The summed E-state index contributed by atoms with van der Waals surface area (Å²) in [5.74, 6) is 0. The molecule has 0 aromatic carbocycles. The van der Waals surface area contributed by atoms with Crippen LogP contribution in [-0.4, -0.2) is 24.0 Å². The summed E-state index contributed by atoms with van der Waals surface area (Å²) in [4.78, 5) is 14.5. The Kier molecular flexibility index (Phi) is 5.02. The van der Waals surface area contributed by atoms with Crippen molar-refractivity contribution in [1.29, 1.82) is 0 Å². The molecule has 0 radical (unpaired) electrons. The van der Waals surface area contributed by atoms with Crippen molar-refractivity contribution >= 4 is 22.1 Å². The minimum atomic E-state index is -0.286. The molecule has 0 heterocycles. The number of nitrogens with zero attached hydrogens (tertiary/aromatic N) is 1. The number of aliphatic imine (C=N–C) groups is 1. The Morgan fingerprint density at radius 3 is 2.70 bits per heavy atom. The first-order valence-electron chi connectivity index (χ1n) is 2.98. The van der Waals surface area contributed by atoms with Crippen LogP contribution in [0.1, 0.15) is 13.8 Å². The average molecular weight is 161 g/mol. The van der Waals surface area contributed by atoms with E-state index in [1.54, 1.807) is 20.9 Å². The van der Waals surface area contributed by atoms with Crippen LogP contribution in [0.2, 0.25) is 0 Å². The lowest BCUT2D eigenvalue weighted by molar-refractivity contribution is 0.182. The maximum atomic E-state index is 10.7. The Balaban J connectivity index is 3.58. The van der Waals surface area contributed by atoms with E-state index in [4.69, 9.17) is 0 Å². The molecule has 58 valence electrons. The first-order valence-corrected chi connectivity index (χ1v) is 3.80. The van der Waals surface area contributed by atoms with Gasteiger partial charge in [-0.3, -0.25) is 4.99 Å². The van der Waals surface area contributed by atoms with Crippen LogP contribution in [0.3, 0.4) is 0 Å². The predicted molar refractivity (Wildman–Crippen MR) is 43.6 cm³/mol. The molecule has 0 aliphatic heterocycles. The fourth-order valence-electron chi connectivity index (χ4n) is 0.314. The minimum absolute atomic E-state index is 0.286. The fraction of sp³-hybridized carbons (Fsp3) is 0.667. The van der Waals surface area contributed by atoms with Crippen molar-refractivity contribution in [2.75, 3.05) is 13.7 Å². The van der Waals surface area contributed by atoms with Gasteiger partial charge in [0.05, 0.1) is 11.7 Å². The Bertz CT molecular complexity index is 145. The van der Waals surface area contributed by atoms with Crippen molar-refractivity contribution in [3.8, 4) is 0 Å². The second-order valence-electron chi connectivity index (χ2n) is 1.53. The molecule has 0 bridgehead atoms. The van der Waals surface area contributed by atoms with Crippen LogP contribution < -0.4 is 0 Å². The molecule has 0 aromatic heterocycles. The monoisotopic (exact) mass is 161 g/mol. The number of hydrogen-bond donors (Lipinski definition) is 0. The highest BCUT2D eigenvalue weighted by Gasteiger charge is 2.02. The van der Waals surface area contributed by atoms with Crippen molar-refractivity contribution in [2.45, 2.75) is 13.8 Å². The molecule has 0 rings (SSSR count). The van der Waals surface area contributed by atoms with E-state index >= 15 is 0 Å². The van der Waals surface area contributed by atoms with Gasteiger partial charge in [-0.2, -0.15) is 0 Å². The Labute approximate surface area is 64.9 Å². The maximum absolute atomic E-state index is 10.7. The van der Waals surface area contributed by atoms with Crippen LogP contribution in [0.4, 0.5) is 4.79 Å². The number of hydrogen-bond acceptors (Lipinski definition) is 4. The van der Waals surface area contributed by atoms with Crippen LogP contribution in [0.25, 0.3) is 0 Å². The van der Waals surface area contributed by atoms with Gasteiger partial charge in [0, 0.05) is 18.8 Å². The molecule has 0 aliphatic carbocycles. The van der Waals surface area contributed by atoms with Crippen molar-refractivity contribution in [2.24, 2.45) is 4.99 Å². The van der Waals surface area contributed by atoms with E-state index in [9.17, 15) is 4.79 Å². The molecule has 0 fully saturated rings. The third-order valence-electron chi connectivity index (χ3n) is 0.808. The standard InChI is InChI=1S/C6H11NO2S/c1-4-9-6(8)10-5(2)7-3/h4H2,1-3H3. The smallest absolute Gasteiger partial charge is 0.373 e. The highest BCUT2D eigenvalue weighted by Crippen LogP contribution is 2.06. The van der Waals surface area contributed by atoms with E-state index in [1.807, 2.05) is 0 Å². The largest absolute Gasteiger partial charge is 0.458 e. The zero-order valence-corrected chi connectivity index (χ0v) is 7.20. The minimum Gasteiger partial charge on any atom is -0.458 e. The molecule has 0 spiro atoms. The first-order chi connectivity index (χ1) is 4.70. The van der Waals surface area contributed by atoms with E-state index in [2.05, 4.69) is 9.73 Å². The molecule has 0 saturated carbocycles. The lowest BCUT2D eigenvalue weighted by atomic mass is 10.9. The summed E-state index contributed by atoms with van der Waals surface area (Å²) in [5.41, 5.74) is 0. The highest BCUT2D eigenvalue weighted by atomic mass is 32.2. The van der Waals surface area contributed by atoms with E-state index < -0.39 is 0 Å². The summed E-state index contributed by atoms with van der Waals surface area (Å²) >= 11 is 1.01. The third-order valence-corrected chi connectivity index (χ3v) is 1.57. The zero-order valence-electron chi connectivity index (χ0n) is 6.38. The van der Waals surface area contributed by atoms with Gasteiger partial charge in [-0.1, -0.05) is 0 Å². The van der Waals surface area contributed by atoms with Crippen molar-refractivity contribution in [3.63, 3.8) is 0 Å². The highest BCUT2D eigenvalue weighted by molar-refractivity contribution is 8.26.